The Bertz CT molecular complexity index is 976. The molecule has 6 heteroatoms. The number of allylic oxidation sites excluding steroid dienone is 3. The third-order valence-electron chi connectivity index (χ3n) is 5.06. The number of benzene rings is 1. The molecular formula is C22H27NO4S. The summed E-state index contributed by atoms with van der Waals surface area (Å²) in [5.74, 6) is 0.186. The maximum Gasteiger partial charge on any atom is 0.316 e. The van der Waals surface area contributed by atoms with Gasteiger partial charge in [0.2, 0.25) is 10.0 Å². The Morgan fingerprint density at radius 1 is 1.11 bits per heavy atom. The monoisotopic (exact) mass is 401 g/mol. The van der Waals surface area contributed by atoms with E-state index in [0.717, 1.165) is 16.7 Å². The molecule has 0 amide bonds. The SMILES string of the molecule is CC1=CC(OC(=O)C(C)(C)C)=CC=C2CN(S(=O)(=O)c3ccc(C)cc3)C[C@H]12. The zero-order chi connectivity index (χ0) is 20.7. The van der Waals surface area contributed by atoms with Gasteiger partial charge < -0.3 is 4.74 Å². The van der Waals surface area contributed by atoms with E-state index in [0.29, 0.717) is 23.7 Å². The van der Waals surface area contributed by atoms with E-state index in [2.05, 4.69) is 0 Å². The maximum atomic E-state index is 13.0. The number of aryl methyl sites for hydroxylation is 1. The fourth-order valence-electron chi connectivity index (χ4n) is 3.23. The Kier molecular flexibility index (Phi) is 5.38. The average molecular weight is 402 g/mol. The van der Waals surface area contributed by atoms with Crippen LogP contribution in [0.5, 0.6) is 0 Å². The highest BCUT2D eigenvalue weighted by Crippen LogP contribution is 2.35. The third-order valence-corrected chi connectivity index (χ3v) is 6.88. The lowest BCUT2D eigenvalue weighted by Crippen LogP contribution is -2.29. The van der Waals surface area contributed by atoms with Crippen molar-refractivity contribution in [2.24, 2.45) is 11.3 Å². The van der Waals surface area contributed by atoms with Crippen LogP contribution in [0, 0.1) is 18.3 Å². The molecule has 1 aliphatic heterocycles. The van der Waals surface area contributed by atoms with Gasteiger partial charge in [-0.3, -0.25) is 4.79 Å². The van der Waals surface area contributed by atoms with Crippen LogP contribution in [0.15, 0.2) is 64.3 Å². The number of nitrogens with zero attached hydrogens (tertiary/aromatic N) is 1. The molecule has 5 nitrogen and oxygen atoms in total. The van der Waals surface area contributed by atoms with Gasteiger partial charge in [-0.05, 0) is 64.5 Å². The van der Waals surface area contributed by atoms with Crippen LogP contribution in [-0.2, 0) is 19.6 Å². The summed E-state index contributed by atoms with van der Waals surface area (Å²) in [6.07, 6.45) is 5.47. The Labute approximate surface area is 167 Å². The topological polar surface area (TPSA) is 63.7 Å². The molecule has 0 unspecified atom stereocenters. The minimum absolute atomic E-state index is 0.0117. The number of rotatable bonds is 3. The molecule has 1 fully saturated rings. The molecule has 1 aliphatic carbocycles. The Morgan fingerprint density at radius 3 is 2.36 bits per heavy atom. The molecule has 0 aromatic heterocycles. The minimum Gasteiger partial charge on any atom is -0.426 e. The number of fused-ring (bicyclic) bond motifs is 1. The second kappa shape index (κ2) is 7.33. The summed E-state index contributed by atoms with van der Waals surface area (Å²) in [7, 11) is -3.54. The molecular weight excluding hydrogens is 374 g/mol. The number of hydrogen-bond acceptors (Lipinski definition) is 4. The van der Waals surface area contributed by atoms with Gasteiger partial charge in [-0.25, -0.2) is 8.42 Å². The third kappa shape index (κ3) is 4.13. The lowest BCUT2D eigenvalue weighted by atomic mass is 9.95. The van der Waals surface area contributed by atoms with Gasteiger partial charge in [0, 0.05) is 19.0 Å². The number of ether oxygens (including phenoxy) is 1. The summed E-state index contributed by atoms with van der Waals surface area (Å²) >= 11 is 0. The largest absolute Gasteiger partial charge is 0.426 e. The van der Waals surface area contributed by atoms with Crippen molar-refractivity contribution in [3.05, 3.63) is 65.0 Å². The van der Waals surface area contributed by atoms with E-state index in [9.17, 15) is 13.2 Å². The standard InChI is InChI=1S/C22H27NO4S/c1-15-6-10-19(11-7-15)28(25,26)23-13-17-8-9-18(12-16(2)20(17)14-23)27-21(24)22(3,4)5/h6-12,20H,13-14H2,1-5H3/t20-/m1/s1. The molecule has 1 saturated heterocycles. The zero-order valence-electron chi connectivity index (χ0n) is 17.0. The van der Waals surface area contributed by atoms with E-state index in [1.807, 2.05) is 58.9 Å². The second-order valence-electron chi connectivity index (χ2n) is 8.50. The first-order valence-electron chi connectivity index (χ1n) is 9.36. The van der Waals surface area contributed by atoms with Crippen LogP contribution in [0.1, 0.15) is 33.3 Å². The zero-order valence-corrected chi connectivity index (χ0v) is 17.8. The summed E-state index contributed by atoms with van der Waals surface area (Å²) in [6, 6.07) is 6.92. The predicted molar refractivity (Wildman–Crippen MR) is 109 cm³/mol. The fraction of sp³-hybridized carbons (Fsp3) is 0.409. The molecule has 1 aromatic carbocycles. The smallest absolute Gasteiger partial charge is 0.316 e. The molecule has 150 valence electrons. The normalized spacial score (nSPS) is 20.6. The van der Waals surface area contributed by atoms with E-state index in [-0.39, 0.29) is 11.9 Å². The van der Waals surface area contributed by atoms with Crippen LogP contribution in [-0.4, -0.2) is 31.8 Å². The first kappa shape index (κ1) is 20.6. The van der Waals surface area contributed by atoms with Crippen molar-refractivity contribution in [3.63, 3.8) is 0 Å². The van der Waals surface area contributed by atoms with Gasteiger partial charge in [0.1, 0.15) is 5.76 Å². The molecule has 0 N–H and O–H groups in total. The number of carbonyl (C=O) groups is 1. The summed E-state index contributed by atoms with van der Waals surface area (Å²) in [5.41, 5.74) is 2.43. The second-order valence-corrected chi connectivity index (χ2v) is 10.4. The molecule has 3 rings (SSSR count). The van der Waals surface area contributed by atoms with Crippen LogP contribution >= 0.6 is 0 Å². The van der Waals surface area contributed by atoms with Crippen molar-refractivity contribution in [1.82, 2.24) is 4.31 Å². The average Bonchev–Trinajstić information content (AvgIpc) is 2.98. The van der Waals surface area contributed by atoms with E-state index >= 15 is 0 Å². The number of hydrogen-bond donors (Lipinski definition) is 0. The molecule has 2 aliphatic rings. The van der Waals surface area contributed by atoms with Crippen LogP contribution in [0.3, 0.4) is 0 Å². The Hall–Kier alpha value is -2.18. The highest BCUT2D eigenvalue weighted by atomic mass is 32.2. The Morgan fingerprint density at radius 2 is 1.75 bits per heavy atom. The van der Waals surface area contributed by atoms with Gasteiger partial charge in [-0.1, -0.05) is 29.3 Å². The highest BCUT2D eigenvalue weighted by molar-refractivity contribution is 7.89. The van der Waals surface area contributed by atoms with Crippen molar-refractivity contribution in [3.8, 4) is 0 Å². The molecule has 0 saturated carbocycles. The van der Waals surface area contributed by atoms with E-state index in [4.69, 9.17) is 4.74 Å². The molecule has 0 radical (unpaired) electrons. The lowest BCUT2D eigenvalue weighted by molar-refractivity contribution is -0.147. The minimum atomic E-state index is -3.54. The van der Waals surface area contributed by atoms with E-state index in [1.54, 1.807) is 18.2 Å². The molecule has 0 spiro atoms. The van der Waals surface area contributed by atoms with Crippen LogP contribution in [0.2, 0.25) is 0 Å². The lowest BCUT2D eigenvalue weighted by Gasteiger charge is -2.18. The van der Waals surface area contributed by atoms with E-state index < -0.39 is 15.4 Å². The van der Waals surface area contributed by atoms with Gasteiger partial charge in [-0.2, -0.15) is 4.31 Å². The number of esters is 1. The van der Waals surface area contributed by atoms with Crippen molar-refractivity contribution >= 4 is 16.0 Å². The fourth-order valence-corrected chi connectivity index (χ4v) is 4.68. The van der Waals surface area contributed by atoms with Gasteiger partial charge in [0.15, 0.2) is 0 Å². The first-order valence-corrected chi connectivity index (χ1v) is 10.8. The Balaban J connectivity index is 1.83. The van der Waals surface area contributed by atoms with Gasteiger partial charge in [-0.15, -0.1) is 0 Å². The van der Waals surface area contributed by atoms with Gasteiger partial charge >= 0.3 is 5.97 Å². The van der Waals surface area contributed by atoms with Crippen LogP contribution in [0.25, 0.3) is 0 Å². The summed E-state index contributed by atoms with van der Waals surface area (Å²) in [4.78, 5) is 12.5. The summed E-state index contributed by atoms with van der Waals surface area (Å²) in [5, 5.41) is 0. The predicted octanol–water partition coefficient (Wildman–Crippen LogP) is 3.98. The molecule has 1 atom stereocenters. The summed E-state index contributed by atoms with van der Waals surface area (Å²) in [6.45, 7) is 10.0. The van der Waals surface area contributed by atoms with Crippen LogP contribution in [0.4, 0.5) is 0 Å². The van der Waals surface area contributed by atoms with Crippen molar-refractivity contribution in [2.75, 3.05) is 13.1 Å². The number of sulfonamides is 1. The van der Waals surface area contributed by atoms with Crippen molar-refractivity contribution in [1.29, 1.82) is 0 Å². The summed E-state index contributed by atoms with van der Waals surface area (Å²) < 4.78 is 33.0. The molecule has 28 heavy (non-hydrogen) atoms. The van der Waals surface area contributed by atoms with Crippen molar-refractivity contribution in [2.45, 2.75) is 39.5 Å². The quantitative estimate of drug-likeness (QED) is 0.719. The highest BCUT2D eigenvalue weighted by Gasteiger charge is 2.37. The molecule has 1 aromatic rings. The first-order chi connectivity index (χ1) is 13.0. The van der Waals surface area contributed by atoms with Gasteiger partial charge in [0.05, 0.1) is 10.3 Å². The van der Waals surface area contributed by atoms with Crippen LogP contribution < -0.4 is 0 Å². The van der Waals surface area contributed by atoms with E-state index in [1.165, 1.54) is 4.31 Å². The number of carbonyl (C=O) groups excluding carboxylic acids is 1. The van der Waals surface area contributed by atoms with Crippen molar-refractivity contribution < 1.29 is 17.9 Å². The molecule has 1 heterocycles. The molecule has 0 bridgehead atoms. The maximum absolute atomic E-state index is 13.0. The van der Waals surface area contributed by atoms with Gasteiger partial charge in [0.25, 0.3) is 0 Å².